The Hall–Kier alpha value is -2.47. The van der Waals surface area contributed by atoms with Crippen molar-refractivity contribution in [3.8, 4) is 11.3 Å². The molecule has 1 N–H and O–H groups in total. The lowest BCUT2D eigenvalue weighted by atomic mass is 9.95. The van der Waals surface area contributed by atoms with Crippen LogP contribution in [-0.2, 0) is 12.8 Å². The van der Waals surface area contributed by atoms with E-state index < -0.39 is 5.82 Å². The summed E-state index contributed by atoms with van der Waals surface area (Å²) in [5.41, 5.74) is 2.51. The fourth-order valence-corrected chi connectivity index (χ4v) is 3.54. The molecular formula is C16H11FN2O2S. The van der Waals surface area contributed by atoms with Crippen LogP contribution >= 0.6 is 11.3 Å². The summed E-state index contributed by atoms with van der Waals surface area (Å²) < 4.78 is 18.6. The molecule has 0 spiro atoms. The Morgan fingerprint density at radius 2 is 2.23 bits per heavy atom. The minimum Gasteiger partial charge on any atom is -0.355 e. The summed E-state index contributed by atoms with van der Waals surface area (Å²) in [7, 11) is 0. The van der Waals surface area contributed by atoms with E-state index in [1.807, 2.05) is 11.4 Å². The van der Waals surface area contributed by atoms with Gasteiger partial charge in [-0.25, -0.2) is 4.39 Å². The monoisotopic (exact) mass is 314 g/mol. The highest BCUT2D eigenvalue weighted by atomic mass is 32.1. The third kappa shape index (κ3) is 2.12. The van der Waals surface area contributed by atoms with Crippen molar-refractivity contribution in [3.63, 3.8) is 0 Å². The number of halogens is 1. The van der Waals surface area contributed by atoms with Crippen LogP contribution < -0.4 is 5.32 Å². The number of aryl methyl sites for hydroxylation is 1. The van der Waals surface area contributed by atoms with Crippen LogP contribution in [0.25, 0.3) is 11.3 Å². The van der Waals surface area contributed by atoms with Crippen LogP contribution in [0.15, 0.2) is 40.2 Å². The van der Waals surface area contributed by atoms with Crippen molar-refractivity contribution < 1.29 is 13.7 Å². The van der Waals surface area contributed by atoms with Crippen molar-refractivity contribution in [3.05, 3.63) is 57.7 Å². The van der Waals surface area contributed by atoms with Gasteiger partial charge in [0.25, 0.3) is 5.91 Å². The first-order valence-electron chi connectivity index (χ1n) is 6.84. The SMILES string of the molecule is O=C(Nc1cccc(F)c1)c1noc2c1CCc1sccc1-2. The minimum absolute atomic E-state index is 0.274. The van der Waals surface area contributed by atoms with E-state index in [0.717, 1.165) is 24.0 Å². The number of rotatable bonds is 2. The third-order valence-electron chi connectivity index (χ3n) is 3.68. The minimum atomic E-state index is -0.400. The molecule has 1 aliphatic rings. The summed E-state index contributed by atoms with van der Waals surface area (Å²) in [4.78, 5) is 13.6. The molecule has 0 atom stereocenters. The van der Waals surface area contributed by atoms with Gasteiger partial charge in [0.1, 0.15) is 5.82 Å². The molecule has 4 nitrogen and oxygen atoms in total. The lowest BCUT2D eigenvalue weighted by molar-refractivity contribution is 0.101. The zero-order valence-corrected chi connectivity index (χ0v) is 12.2. The number of benzene rings is 1. The molecule has 0 fully saturated rings. The molecule has 1 amide bonds. The van der Waals surface area contributed by atoms with Crippen molar-refractivity contribution in [2.75, 3.05) is 5.32 Å². The average Bonchev–Trinajstić information content (AvgIpc) is 3.13. The Kier molecular flexibility index (Phi) is 3.04. The number of carbonyl (C=O) groups is 1. The number of nitrogens with zero attached hydrogens (tertiary/aromatic N) is 1. The molecule has 1 aliphatic carbocycles. The molecule has 4 rings (SSSR count). The van der Waals surface area contributed by atoms with Gasteiger partial charge in [-0.15, -0.1) is 11.3 Å². The van der Waals surface area contributed by atoms with Crippen molar-refractivity contribution in [1.82, 2.24) is 5.16 Å². The fourth-order valence-electron chi connectivity index (χ4n) is 2.66. The van der Waals surface area contributed by atoms with Gasteiger partial charge in [0.15, 0.2) is 11.5 Å². The first-order valence-corrected chi connectivity index (χ1v) is 7.72. The maximum Gasteiger partial charge on any atom is 0.278 e. The maximum absolute atomic E-state index is 13.2. The van der Waals surface area contributed by atoms with Crippen molar-refractivity contribution in [2.45, 2.75) is 12.8 Å². The van der Waals surface area contributed by atoms with E-state index in [-0.39, 0.29) is 11.6 Å². The number of carbonyl (C=O) groups excluding carboxylic acids is 1. The zero-order chi connectivity index (χ0) is 15.1. The molecule has 0 unspecified atom stereocenters. The highest BCUT2D eigenvalue weighted by Crippen LogP contribution is 2.38. The van der Waals surface area contributed by atoms with Crippen molar-refractivity contribution in [1.29, 1.82) is 0 Å². The number of hydrogen-bond donors (Lipinski definition) is 1. The second kappa shape index (κ2) is 5.06. The number of aromatic nitrogens is 1. The van der Waals surface area contributed by atoms with Crippen LogP contribution in [-0.4, -0.2) is 11.1 Å². The molecule has 0 aliphatic heterocycles. The van der Waals surface area contributed by atoms with Crippen molar-refractivity contribution in [2.24, 2.45) is 0 Å². The van der Waals surface area contributed by atoms with Crippen LogP contribution in [0.3, 0.4) is 0 Å². The zero-order valence-electron chi connectivity index (χ0n) is 11.4. The Bertz CT molecular complexity index is 869. The van der Waals surface area contributed by atoms with E-state index in [4.69, 9.17) is 4.52 Å². The average molecular weight is 314 g/mol. The summed E-state index contributed by atoms with van der Waals surface area (Å²) in [6.07, 6.45) is 1.60. The Morgan fingerprint density at radius 1 is 1.32 bits per heavy atom. The largest absolute Gasteiger partial charge is 0.355 e. The van der Waals surface area contributed by atoms with Gasteiger partial charge < -0.3 is 9.84 Å². The lowest BCUT2D eigenvalue weighted by Crippen LogP contribution is -2.15. The van der Waals surface area contributed by atoms with Gasteiger partial charge >= 0.3 is 0 Å². The van der Waals surface area contributed by atoms with Crippen LogP contribution in [0, 0.1) is 5.82 Å². The second-order valence-corrected chi connectivity index (χ2v) is 6.06. The quantitative estimate of drug-likeness (QED) is 0.780. The molecule has 1 aromatic carbocycles. The Morgan fingerprint density at radius 3 is 3.09 bits per heavy atom. The predicted octanol–water partition coefficient (Wildman–Crippen LogP) is 3.89. The molecule has 2 heterocycles. The normalized spacial score (nSPS) is 12.6. The molecule has 0 bridgehead atoms. The van der Waals surface area contributed by atoms with Crippen LogP contribution in [0.4, 0.5) is 10.1 Å². The Labute approximate surface area is 129 Å². The fraction of sp³-hybridized carbons (Fsp3) is 0.125. The lowest BCUT2D eigenvalue weighted by Gasteiger charge is -2.10. The van der Waals surface area contributed by atoms with E-state index in [1.165, 1.54) is 17.0 Å². The highest BCUT2D eigenvalue weighted by Gasteiger charge is 2.28. The number of hydrogen-bond acceptors (Lipinski definition) is 4. The summed E-state index contributed by atoms with van der Waals surface area (Å²) in [5.74, 6) is -0.107. The molecule has 0 saturated carbocycles. The van der Waals surface area contributed by atoms with E-state index in [2.05, 4.69) is 10.5 Å². The topological polar surface area (TPSA) is 55.1 Å². The van der Waals surface area contributed by atoms with Gasteiger partial charge in [-0.2, -0.15) is 0 Å². The molecule has 6 heteroatoms. The third-order valence-corrected chi connectivity index (χ3v) is 4.66. The molecule has 0 radical (unpaired) electrons. The number of anilines is 1. The molecule has 22 heavy (non-hydrogen) atoms. The van der Waals surface area contributed by atoms with E-state index in [9.17, 15) is 9.18 Å². The van der Waals surface area contributed by atoms with Crippen molar-refractivity contribution >= 4 is 22.9 Å². The second-order valence-electron chi connectivity index (χ2n) is 5.06. The number of fused-ring (bicyclic) bond motifs is 3. The van der Waals surface area contributed by atoms with Gasteiger partial charge in [0.05, 0.1) is 0 Å². The van der Waals surface area contributed by atoms with Gasteiger partial charge in [-0.1, -0.05) is 11.2 Å². The molecular weight excluding hydrogens is 303 g/mol. The molecule has 3 aromatic rings. The first-order chi connectivity index (χ1) is 10.7. The highest BCUT2D eigenvalue weighted by molar-refractivity contribution is 7.10. The molecule has 110 valence electrons. The summed E-state index contributed by atoms with van der Waals surface area (Å²) >= 11 is 1.68. The summed E-state index contributed by atoms with van der Waals surface area (Å²) in [6, 6.07) is 7.75. The number of nitrogens with one attached hydrogen (secondary N) is 1. The Balaban J connectivity index is 1.66. The standard InChI is InChI=1S/C16H11FN2O2S/c17-9-2-1-3-10(8-9)18-16(20)14-12-4-5-13-11(6-7-22-13)15(12)21-19-14/h1-3,6-8H,4-5H2,(H,18,20). The van der Waals surface area contributed by atoms with Crippen LogP contribution in [0.5, 0.6) is 0 Å². The maximum atomic E-state index is 13.2. The molecule has 0 saturated heterocycles. The summed E-state index contributed by atoms with van der Waals surface area (Å²) in [6.45, 7) is 0. The van der Waals surface area contributed by atoms with Gasteiger partial charge in [0.2, 0.25) is 0 Å². The van der Waals surface area contributed by atoms with E-state index in [0.29, 0.717) is 11.4 Å². The predicted molar refractivity (Wildman–Crippen MR) is 81.6 cm³/mol. The first kappa shape index (κ1) is 13.2. The van der Waals surface area contributed by atoms with Gasteiger partial charge in [-0.3, -0.25) is 4.79 Å². The van der Waals surface area contributed by atoms with Gasteiger partial charge in [0, 0.05) is 21.7 Å². The number of amides is 1. The van der Waals surface area contributed by atoms with E-state index in [1.54, 1.807) is 23.5 Å². The van der Waals surface area contributed by atoms with E-state index >= 15 is 0 Å². The van der Waals surface area contributed by atoms with Gasteiger partial charge in [-0.05, 0) is 42.5 Å². The molecule has 2 aromatic heterocycles. The summed E-state index contributed by atoms with van der Waals surface area (Å²) in [5, 5.41) is 8.58. The van der Waals surface area contributed by atoms with Crippen LogP contribution in [0.2, 0.25) is 0 Å². The smallest absolute Gasteiger partial charge is 0.278 e. The number of thiophene rings is 1. The van der Waals surface area contributed by atoms with Crippen LogP contribution in [0.1, 0.15) is 20.9 Å².